The molecule has 0 atom stereocenters. The molecule has 0 saturated heterocycles. The molecule has 0 amide bonds. The molecule has 0 spiro atoms. The number of hydrogen-bond acceptors (Lipinski definition) is 6. The maximum absolute atomic E-state index is 13.2. The highest BCUT2D eigenvalue weighted by atomic mass is 35.5. The average molecular weight is 447 g/mol. The first-order valence-electron chi connectivity index (χ1n) is 8.40. The number of ketones is 1. The van der Waals surface area contributed by atoms with Crippen molar-refractivity contribution >= 4 is 44.1 Å². The van der Waals surface area contributed by atoms with Crippen molar-refractivity contribution in [3.8, 4) is 0 Å². The van der Waals surface area contributed by atoms with E-state index >= 15 is 0 Å². The van der Waals surface area contributed by atoms with Gasteiger partial charge in [0.25, 0.3) is 10.0 Å². The molecule has 30 heavy (non-hydrogen) atoms. The van der Waals surface area contributed by atoms with E-state index in [1.165, 1.54) is 24.4 Å². The molecule has 0 fully saturated rings. The molecule has 2 N–H and O–H groups in total. The van der Waals surface area contributed by atoms with Crippen LogP contribution in [0.4, 0.5) is 4.39 Å². The number of carbonyl (C=O) groups excluding carboxylic acids is 1. The zero-order chi connectivity index (χ0) is 21.5. The van der Waals surface area contributed by atoms with Crippen LogP contribution in [0.25, 0.3) is 16.7 Å². The number of rotatable bonds is 5. The minimum Gasteiger partial charge on any atom is -0.507 e. The SMILES string of the molecule is O=C(C=C(O)c1cn(S(=O)(=O)c2ccc(F)cc2)c2cc(Cl)ccc12)c1ncn[nH]1. The Labute approximate surface area is 174 Å². The van der Waals surface area contributed by atoms with Gasteiger partial charge in [-0.3, -0.25) is 9.89 Å². The Kier molecular flexibility index (Phi) is 4.88. The van der Waals surface area contributed by atoms with Gasteiger partial charge in [0.2, 0.25) is 5.78 Å². The second-order valence-electron chi connectivity index (χ2n) is 6.19. The largest absolute Gasteiger partial charge is 0.507 e. The van der Waals surface area contributed by atoms with Crippen LogP contribution in [0.2, 0.25) is 5.02 Å². The average Bonchev–Trinajstić information content (AvgIpc) is 3.36. The topological polar surface area (TPSA) is 118 Å². The number of aromatic amines is 1. The maximum Gasteiger partial charge on any atom is 0.268 e. The summed E-state index contributed by atoms with van der Waals surface area (Å²) in [6.45, 7) is 0. The highest BCUT2D eigenvalue weighted by Gasteiger charge is 2.23. The Morgan fingerprint density at radius 1 is 1.20 bits per heavy atom. The van der Waals surface area contributed by atoms with Gasteiger partial charge in [0.05, 0.1) is 10.4 Å². The summed E-state index contributed by atoms with van der Waals surface area (Å²) < 4.78 is 40.4. The molecule has 0 bridgehead atoms. The number of fused-ring (bicyclic) bond motifs is 1. The van der Waals surface area contributed by atoms with Gasteiger partial charge in [-0.1, -0.05) is 17.7 Å². The number of nitrogens with zero attached hydrogens (tertiary/aromatic N) is 3. The summed E-state index contributed by atoms with van der Waals surface area (Å²) in [6, 6.07) is 8.76. The van der Waals surface area contributed by atoms with Crippen LogP contribution in [-0.2, 0) is 10.0 Å². The first-order chi connectivity index (χ1) is 14.3. The van der Waals surface area contributed by atoms with E-state index in [0.29, 0.717) is 5.39 Å². The van der Waals surface area contributed by atoms with Crippen LogP contribution in [0.5, 0.6) is 0 Å². The Hall–Kier alpha value is -3.50. The predicted octanol–water partition coefficient (Wildman–Crippen LogP) is 3.57. The maximum atomic E-state index is 13.2. The smallest absolute Gasteiger partial charge is 0.268 e. The number of allylic oxidation sites excluding steroid dienone is 1. The van der Waals surface area contributed by atoms with Gasteiger partial charge in [0.15, 0.2) is 5.82 Å². The van der Waals surface area contributed by atoms with E-state index in [9.17, 15) is 22.7 Å². The van der Waals surface area contributed by atoms with Crippen molar-refractivity contribution < 1.29 is 22.7 Å². The zero-order valence-electron chi connectivity index (χ0n) is 15.0. The van der Waals surface area contributed by atoms with Crippen LogP contribution in [0, 0.1) is 5.82 Å². The first-order valence-corrected chi connectivity index (χ1v) is 10.2. The molecule has 4 rings (SSSR count). The highest BCUT2D eigenvalue weighted by molar-refractivity contribution is 7.90. The summed E-state index contributed by atoms with van der Waals surface area (Å²) in [7, 11) is -4.14. The Bertz CT molecular complexity index is 1390. The van der Waals surface area contributed by atoms with Gasteiger partial charge in [0, 0.05) is 28.2 Å². The normalized spacial score (nSPS) is 12.4. The molecule has 0 unspecified atom stereocenters. The standard InChI is InChI=1S/C19H12ClFN4O4S/c20-11-1-6-14-15(17(26)8-18(27)19-22-10-23-24-19)9-25(16(14)7-11)30(28,29)13-4-2-12(21)3-5-13/h1-10,26H,(H,22,23,24). The third-order valence-corrected chi connectivity index (χ3v) is 6.22. The van der Waals surface area contributed by atoms with Crippen molar-refractivity contribution in [2.75, 3.05) is 0 Å². The van der Waals surface area contributed by atoms with E-state index in [1.807, 2.05) is 0 Å². The molecule has 152 valence electrons. The third-order valence-electron chi connectivity index (χ3n) is 4.30. The number of carbonyl (C=O) groups is 1. The third kappa shape index (κ3) is 3.46. The number of aliphatic hydroxyl groups is 1. The van der Waals surface area contributed by atoms with Crippen molar-refractivity contribution in [2.45, 2.75) is 4.90 Å². The molecule has 2 aromatic carbocycles. The lowest BCUT2D eigenvalue weighted by Crippen LogP contribution is -2.11. The fraction of sp³-hybridized carbons (Fsp3) is 0. The van der Waals surface area contributed by atoms with Crippen molar-refractivity contribution in [1.82, 2.24) is 19.2 Å². The van der Waals surface area contributed by atoms with Crippen molar-refractivity contribution in [2.24, 2.45) is 0 Å². The van der Waals surface area contributed by atoms with Crippen LogP contribution >= 0.6 is 11.6 Å². The summed E-state index contributed by atoms with van der Waals surface area (Å²) in [6.07, 6.45) is 3.21. The van der Waals surface area contributed by atoms with Gasteiger partial charge in [-0.25, -0.2) is 21.8 Å². The van der Waals surface area contributed by atoms with Crippen molar-refractivity contribution in [3.63, 3.8) is 0 Å². The summed E-state index contributed by atoms with van der Waals surface area (Å²) in [5, 5.41) is 17.1. The predicted molar refractivity (Wildman–Crippen MR) is 107 cm³/mol. The van der Waals surface area contributed by atoms with Gasteiger partial charge in [0.1, 0.15) is 17.9 Å². The molecular weight excluding hydrogens is 435 g/mol. The fourth-order valence-corrected chi connectivity index (χ4v) is 4.42. The van der Waals surface area contributed by atoms with Gasteiger partial charge >= 0.3 is 0 Å². The van der Waals surface area contributed by atoms with E-state index < -0.39 is 27.4 Å². The molecule has 8 nitrogen and oxygen atoms in total. The summed E-state index contributed by atoms with van der Waals surface area (Å²) in [4.78, 5) is 15.7. The van der Waals surface area contributed by atoms with E-state index in [0.717, 1.165) is 40.6 Å². The minimum atomic E-state index is -4.14. The monoisotopic (exact) mass is 446 g/mol. The summed E-state index contributed by atoms with van der Waals surface area (Å²) >= 11 is 6.04. The van der Waals surface area contributed by atoms with Crippen LogP contribution in [0.15, 0.2) is 66.0 Å². The van der Waals surface area contributed by atoms with Gasteiger partial charge < -0.3 is 5.11 Å². The molecule has 11 heteroatoms. The first kappa shape index (κ1) is 19.8. The zero-order valence-corrected chi connectivity index (χ0v) is 16.5. The number of hydrogen-bond donors (Lipinski definition) is 2. The van der Waals surface area contributed by atoms with E-state index in [1.54, 1.807) is 0 Å². The number of nitrogens with one attached hydrogen (secondary N) is 1. The molecule has 2 heterocycles. The molecular formula is C19H12ClFN4O4S. The van der Waals surface area contributed by atoms with Crippen LogP contribution in [0.3, 0.4) is 0 Å². The lowest BCUT2D eigenvalue weighted by molar-refractivity contribution is 0.103. The lowest BCUT2D eigenvalue weighted by atomic mass is 10.1. The number of aliphatic hydroxyl groups excluding tert-OH is 1. The van der Waals surface area contributed by atoms with Crippen molar-refractivity contribution in [3.05, 3.63) is 83.3 Å². The molecule has 0 aliphatic rings. The lowest BCUT2D eigenvalue weighted by Gasteiger charge is -2.07. The number of benzene rings is 2. The van der Waals surface area contributed by atoms with Gasteiger partial charge in [-0.05, 0) is 36.4 Å². The van der Waals surface area contributed by atoms with Crippen LogP contribution < -0.4 is 0 Å². The van der Waals surface area contributed by atoms with Gasteiger partial charge in [-0.2, -0.15) is 5.10 Å². The fourth-order valence-electron chi connectivity index (χ4n) is 2.89. The number of H-pyrrole nitrogens is 1. The quantitative estimate of drug-likeness (QED) is 0.275. The Morgan fingerprint density at radius 2 is 1.93 bits per heavy atom. The molecule has 0 saturated carbocycles. The van der Waals surface area contributed by atoms with Crippen LogP contribution in [0.1, 0.15) is 16.2 Å². The molecule has 2 aromatic heterocycles. The molecule has 4 aromatic rings. The Morgan fingerprint density at radius 3 is 2.60 bits per heavy atom. The summed E-state index contributed by atoms with van der Waals surface area (Å²) in [5.41, 5.74) is 0.258. The highest BCUT2D eigenvalue weighted by Crippen LogP contribution is 2.31. The molecule has 0 radical (unpaired) electrons. The number of halogens is 2. The second-order valence-corrected chi connectivity index (χ2v) is 8.44. The van der Waals surface area contributed by atoms with E-state index in [4.69, 9.17) is 11.6 Å². The molecule has 0 aliphatic heterocycles. The van der Waals surface area contributed by atoms with Crippen molar-refractivity contribution in [1.29, 1.82) is 0 Å². The Balaban J connectivity index is 1.89. The second kappa shape index (κ2) is 7.39. The van der Waals surface area contributed by atoms with Gasteiger partial charge in [-0.15, -0.1) is 0 Å². The number of aromatic nitrogens is 4. The van der Waals surface area contributed by atoms with E-state index in [2.05, 4.69) is 15.2 Å². The minimum absolute atomic E-state index is 0.0835. The molecule has 0 aliphatic carbocycles. The van der Waals surface area contributed by atoms with E-state index in [-0.39, 0.29) is 26.8 Å². The van der Waals surface area contributed by atoms with Crippen LogP contribution in [-0.4, -0.2) is 38.5 Å². The summed E-state index contributed by atoms with van der Waals surface area (Å²) in [5.74, 6) is -1.80.